The molecule has 1 aromatic carbocycles. The average Bonchev–Trinajstić information content (AvgIpc) is 2.47. The second-order valence-electron chi connectivity index (χ2n) is 6.22. The van der Waals surface area contributed by atoms with Gasteiger partial charge in [-0.15, -0.1) is 0 Å². The lowest BCUT2D eigenvalue weighted by molar-refractivity contribution is -0.385. The van der Waals surface area contributed by atoms with Crippen LogP contribution in [-0.2, 0) is 16.6 Å². The second-order valence-corrected chi connectivity index (χ2v) is 6.22. The smallest absolute Gasteiger partial charge is 0.471 e. The van der Waals surface area contributed by atoms with E-state index in [0.717, 1.165) is 0 Å². The summed E-state index contributed by atoms with van der Waals surface area (Å²) in [6, 6.07) is 2.11. The fraction of sp³-hybridized carbons (Fsp3) is 0.533. The van der Waals surface area contributed by atoms with Crippen LogP contribution < -0.4 is 10.1 Å². The molecule has 1 atom stereocenters. The highest BCUT2D eigenvalue weighted by Crippen LogP contribution is 2.42. The van der Waals surface area contributed by atoms with E-state index >= 15 is 0 Å². The Balaban J connectivity index is 2.42. The van der Waals surface area contributed by atoms with Crippen molar-refractivity contribution in [2.75, 3.05) is 7.11 Å². The van der Waals surface area contributed by atoms with Crippen molar-refractivity contribution < 1.29 is 27.6 Å². The number of hydrogen-bond acceptors (Lipinski definition) is 4. The molecule has 2 rings (SSSR count). The summed E-state index contributed by atoms with van der Waals surface area (Å²) in [6.07, 6.45) is -4.37. The first-order valence-corrected chi connectivity index (χ1v) is 7.22. The lowest BCUT2D eigenvalue weighted by Gasteiger charge is -2.41. The highest BCUT2D eigenvalue weighted by atomic mass is 19.4. The predicted octanol–water partition coefficient (Wildman–Crippen LogP) is 2.87. The SMILES string of the molecule is COc1cc2c(cc1[N+](=O)[O-])CCC(NC(=O)C(F)(F)F)C2(C)C. The van der Waals surface area contributed by atoms with Gasteiger partial charge in [0.15, 0.2) is 5.75 Å². The third-order valence-corrected chi connectivity index (χ3v) is 4.43. The van der Waals surface area contributed by atoms with Gasteiger partial charge >= 0.3 is 17.8 Å². The summed E-state index contributed by atoms with van der Waals surface area (Å²) in [4.78, 5) is 21.8. The number of nitro benzene ring substituents is 1. The fourth-order valence-corrected chi connectivity index (χ4v) is 3.07. The third kappa shape index (κ3) is 3.15. The molecule has 1 unspecified atom stereocenters. The lowest BCUT2D eigenvalue weighted by atomic mass is 9.69. The van der Waals surface area contributed by atoms with Gasteiger partial charge in [-0.25, -0.2) is 0 Å². The first-order chi connectivity index (χ1) is 11.0. The maximum absolute atomic E-state index is 12.5. The highest BCUT2D eigenvalue weighted by Gasteiger charge is 2.45. The number of methoxy groups -OCH3 is 1. The molecule has 1 amide bonds. The monoisotopic (exact) mass is 346 g/mol. The summed E-state index contributed by atoms with van der Waals surface area (Å²) in [6.45, 7) is 3.38. The van der Waals surface area contributed by atoms with Crippen LogP contribution in [0.25, 0.3) is 0 Å². The lowest BCUT2D eigenvalue weighted by Crippen LogP contribution is -2.53. The third-order valence-electron chi connectivity index (χ3n) is 4.43. The van der Waals surface area contributed by atoms with Gasteiger partial charge in [0.05, 0.1) is 12.0 Å². The van der Waals surface area contributed by atoms with Gasteiger partial charge in [0.2, 0.25) is 0 Å². The predicted molar refractivity (Wildman–Crippen MR) is 79.0 cm³/mol. The van der Waals surface area contributed by atoms with E-state index in [-0.39, 0.29) is 17.9 Å². The molecule has 0 heterocycles. The molecule has 132 valence electrons. The van der Waals surface area contributed by atoms with Crippen molar-refractivity contribution in [1.29, 1.82) is 0 Å². The first-order valence-electron chi connectivity index (χ1n) is 7.22. The summed E-state index contributed by atoms with van der Waals surface area (Å²) in [5.41, 5.74) is 0.273. The number of aryl methyl sites for hydroxylation is 1. The Labute approximate surface area is 136 Å². The number of nitrogens with zero attached hydrogens (tertiary/aromatic N) is 1. The summed E-state index contributed by atoms with van der Waals surface area (Å²) >= 11 is 0. The number of fused-ring (bicyclic) bond motifs is 1. The number of carbonyl (C=O) groups is 1. The maximum Gasteiger partial charge on any atom is 0.471 e. The number of amides is 1. The zero-order valence-corrected chi connectivity index (χ0v) is 13.4. The fourth-order valence-electron chi connectivity index (χ4n) is 3.07. The zero-order valence-electron chi connectivity index (χ0n) is 13.4. The van der Waals surface area contributed by atoms with Crippen molar-refractivity contribution >= 4 is 11.6 Å². The van der Waals surface area contributed by atoms with Crippen molar-refractivity contribution in [3.63, 3.8) is 0 Å². The second kappa shape index (κ2) is 5.95. The Kier molecular flexibility index (Phi) is 4.47. The van der Waals surface area contributed by atoms with Gasteiger partial charge in [-0.2, -0.15) is 13.2 Å². The van der Waals surface area contributed by atoms with E-state index in [1.165, 1.54) is 19.2 Å². The molecule has 0 fully saturated rings. The maximum atomic E-state index is 12.5. The van der Waals surface area contributed by atoms with Crippen molar-refractivity contribution in [2.24, 2.45) is 0 Å². The Morgan fingerprint density at radius 2 is 2.04 bits per heavy atom. The summed E-state index contributed by atoms with van der Waals surface area (Å²) in [5.74, 6) is -1.95. The van der Waals surface area contributed by atoms with Gasteiger partial charge in [-0.3, -0.25) is 14.9 Å². The molecule has 1 aliphatic rings. The van der Waals surface area contributed by atoms with E-state index in [9.17, 15) is 28.1 Å². The molecular formula is C15H17F3N2O4. The van der Waals surface area contributed by atoms with E-state index in [1.54, 1.807) is 13.8 Å². The molecule has 0 radical (unpaired) electrons. The standard InChI is InChI=1S/C15H17F3N2O4/c1-14(2)9-7-11(24-3)10(20(22)23)6-8(9)4-5-12(14)19-13(21)15(16,17)18/h6-7,12H,4-5H2,1-3H3,(H,19,21). The van der Waals surface area contributed by atoms with E-state index in [2.05, 4.69) is 0 Å². The Hall–Kier alpha value is -2.32. The molecule has 0 bridgehead atoms. The van der Waals surface area contributed by atoms with Crippen LogP contribution in [0.5, 0.6) is 5.75 Å². The molecule has 1 aliphatic carbocycles. The minimum Gasteiger partial charge on any atom is -0.490 e. The molecule has 0 spiro atoms. The molecule has 0 aliphatic heterocycles. The summed E-state index contributed by atoms with van der Waals surface area (Å²) < 4.78 is 42.5. The number of ether oxygens (including phenoxy) is 1. The van der Waals surface area contributed by atoms with Crippen LogP contribution in [-0.4, -0.2) is 30.2 Å². The Morgan fingerprint density at radius 1 is 1.42 bits per heavy atom. The number of nitrogens with one attached hydrogen (secondary N) is 1. The normalized spacial score (nSPS) is 19.3. The van der Waals surface area contributed by atoms with Gasteiger partial charge in [0.25, 0.3) is 0 Å². The molecule has 0 aromatic heterocycles. The largest absolute Gasteiger partial charge is 0.490 e. The Bertz CT molecular complexity index is 686. The van der Waals surface area contributed by atoms with E-state index in [4.69, 9.17) is 4.74 Å². The zero-order chi connectivity index (χ0) is 18.3. The van der Waals surface area contributed by atoms with Gasteiger partial charge in [-0.1, -0.05) is 13.8 Å². The number of benzene rings is 1. The van der Waals surface area contributed by atoms with Crippen molar-refractivity contribution in [2.45, 2.75) is 44.3 Å². The minimum atomic E-state index is -4.95. The quantitative estimate of drug-likeness (QED) is 0.674. The molecular weight excluding hydrogens is 329 g/mol. The first kappa shape index (κ1) is 18.0. The molecule has 1 aromatic rings. The van der Waals surface area contributed by atoms with Gasteiger partial charge in [-0.05, 0) is 30.0 Å². The van der Waals surface area contributed by atoms with Crippen LogP contribution in [0, 0.1) is 10.1 Å². The molecule has 6 nitrogen and oxygen atoms in total. The number of alkyl halides is 3. The van der Waals surface area contributed by atoms with Gasteiger partial charge in [0.1, 0.15) is 0 Å². The molecule has 24 heavy (non-hydrogen) atoms. The Morgan fingerprint density at radius 3 is 2.54 bits per heavy atom. The van der Waals surface area contributed by atoms with E-state index < -0.39 is 28.5 Å². The van der Waals surface area contributed by atoms with Gasteiger partial charge in [0, 0.05) is 17.5 Å². The molecule has 0 saturated carbocycles. The number of halogens is 3. The number of carbonyl (C=O) groups excluding carboxylic acids is 1. The highest BCUT2D eigenvalue weighted by molar-refractivity contribution is 5.82. The summed E-state index contributed by atoms with van der Waals surface area (Å²) in [5, 5.41) is 13.1. The molecule has 0 saturated heterocycles. The van der Waals surface area contributed by atoms with Crippen LogP contribution in [0.2, 0.25) is 0 Å². The summed E-state index contributed by atoms with van der Waals surface area (Å²) in [7, 11) is 1.29. The minimum absolute atomic E-state index is 0.0367. The van der Waals surface area contributed by atoms with E-state index in [1.807, 2.05) is 5.32 Å². The van der Waals surface area contributed by atoms with Crippen LogP contribution in [0.3, 0.4) is 0 Å². The van der Waals surface area contributed by atoms with Crippen LogP contribution in [0.4, 0.5) is 18.9 Å². The van der Waals surface area contributed by atoms with Crippen LogP contribution in [0.1, 0.15) is 31.4 Å². The van der Waals surface area contributed by atoms with Gasteiger partial charge < -0.3 is 10.1 Å². The van der Waals surface area contributed by atoms with Crippen molar-refractivity contribution in [1.82, 2.24) is 5.32 Å². The van der Waals surface area contributed by atoms with Crippen molar-refractivity contribution in [3.05, 3.63) is 33.4 Å². The number of rotatable bonds is 3. The topological polar surface area (TPSA) is 81.5 Å². The van der Waals surface area contributed by atoms with Crippen LogP contribution >= 0.6 is 0 Å². The van der Waals surface area contributed by atoms with E-state index in [0.29, 0.717) is 17.5 Å². The number of hydrogen-bond donors (Lipinski definition) is 1. The van der Waals surface area contributed by atoms with Crippen LogP contribution in [0.15, 0.2) is 12.1 Å². The average molecular weight is 346 g/mol. The molecule has 9 heteroatoms. The molecule has 1 N–H and O–H groups in total. The van der Waals surface area contributed by atoms with Crippen molar-refractivity contribution in [3.8, 4) is 5.75 Å². The number of nitro groups is 1.